The molecule has 0 aliphatic rings. The number of halogens is 2. The predicted octanol–water partition coefficient (Wildman–Crippen LogP) is 3.71. The summed E-state index contributed by atoms with van der Waals surface area (Å²) in [6.07, 6.45) is 3.50. The lowest BCUT2D eigenvalue weighted by atomic mass is 10.2. The summed E-state index contributed by atoms with van der Waals surface area (Å²) in [5.74, 6) is -0.0652. The molecule has 0 amide bonds. The van der Waals surface area contributed by atoms with Gasteiger partial charge in [0.05, 0.1) is 21.6 Å². The van der Waals surface area contributed by atoms with E-state index in [9.17, 15) is 9.18 Å². The van der Waals surface area contributed by atoms with Gasteiger partial charge in [-0.05, 0) is 36.4 Å². The minimum Gasteiger partial charge on any atom is -0.383 e. The molecule has 0 fully saturated rings. The Balaban J connectivity index is 2.39. The Bertz CT molecular complexity index is 995. The monoisotopic (exact) mass is 343 g/mol. The van der Waals surface area contributed by atoms with Crippen molar-refractivity contribution in [1.29, 1.82) is 0 Å². The van der Waals surface area contributed by atoms with E-state index in [1.54, 1.807) is 36.5 Å². The number of fused-ring (bicyclic) bond motifs is 1. The normalized spacial score (nSPS) is 11.3. The quantitative estimate of drug-likeness (QED) is 0.727. The SMILES string of the molecule is CN(C)/C=C/c1nc2ccc(F)cc2c(=O)n1-c1ccccc1Cl. The molecule has 1 heterocycles. The van der Waals surface area contributed by atoms with Crippen molar-refractivity contribution in [3.05, 3.63) is 75.7 Å². The third-order valence-corrected chi connectivity index (χ3v) is 3.79. The lowest BCUT2D eigenvalue weighted by Crippen LogP contribution is -2.23. The van der Waals surface area contributed by atoms with Crippen LogP contribution in [0.5, 0.6) is 0 Å². The maximum Gasteiger partial charge on any atom is 0.266 e. The molecule has 0 saturated carbocycles. The lowest BCUT2D eigenvalue weighted by Gasteiger charge is -2.13. The van der Waals surface area contributed by atoms with E-state index in [0.29, 0.717) is 22.1 Å². The molecular weight excluding hydrogens is 329 g/mol. The molecule has 0 saturated heterocycles. The van der Waals surface area contributed by atoms with Crippen molar-refractivity contribution in [2.24, 2.45) is 0 Å². The Hall–Kier alpha value is -2.66. The fourth-order valence-corrected chi connectivity index (χ4v) is 2.59. The number of benzene rings is 2. The van der Waals surface area contributed by atoms with Crippen molar-refractivity contribution >= 4 is 28.6 Å². The number of hydrogen-bond donors (Lipinski definition) is 0. The van der Waals surface area contributed by atoms with Crippen LogP contribution < -0.4 is 5.56 Å². The van der Waals surface area contributed by atoms with Crippen LogP contribution in [0.1, 0.15) is 5.82 Å². The molecule has 0 spiro atoms. The number of rotatable bonds is 3. The molecule has 3 aromatic rings. The molecular formula is C18H15ClFN3O. The van der Waals surface area contributed by atoms with Gasteiger partial charge in [-0.2, -0.15) is 0 Å². The molecule has 0 aliphatic carbocycles. The van der Waals surface area contributed by atoms with E-state index in [0.717, 1.165) is 0 Å². The van der Waals surface area contributed by atoms with Crippen LogP contribution in [0.2, 0.25) is 5.02 Å². The van der Waals surface area contributed by atoms with E-state index >= 15 is 0 Å². The van der Waals surface area contributed by atoms with Crippen LogP contribution in [-0.2, 0) is 0 Å². The highest BCUT2D eigenvalue weighted by molar-refractivity contribution is 6.32. The van der Waals surface area contributed by atoms with Gasteiger partial charge in [0.1, 0.15) is 11.6 Å². The summed E-state index contributed by atoms with van der Waals surface area (Å²) in [6, 6.07) is 11.0. The van der Waals surface area contributed by atoms with Crippen molar-refractivity contribution in [3.63, 3.8) is 0 Å². The molecule has 24 heavy (non-hydrogen) atoms. The van der Waals surface area contributed by atoms with Crippen LogP contribution in [0, 0.1) is 5.82 Å². The van der Waals surface area contributed by atoms with Gasteiger partial charge in [-0.15, -0.1) is 0 Å². The van der Waals surface area contributed by atoms with Crippen molar-refractivity contribution in [1.82, 2.24) is 14.5 Å². The lowest BCUT2D eigenvalue weighted by molar-refractivity contribution is 0.567. The van der Waals surface area contributed by atoms with Gasteiger partial charge >= 0.3 is 0 Å². The van der Waals surface area contributed by atoms with Crippen molar-refractivity contribution < 1.29 is 4.39 Å². The second kappa shape index (κ2) is 6.45. The summed E-state index contributed by atoms with van der Waals surface area (Å²) in [7, 11) is 3.73. The number of nitrogens with zero attached hydrogens (tertiary/aromatic N) is 3. The summed E-state index contributed by atoms with van der Waals surface area (Å²) in [4.78, 5) is 19.3. The minimum atomic E-state index is -0.483. The van der Waals surface area contributed by atoms with Gasteiger partial charge in [-0.1, -0.05) is 23.7 Å². The zero-order valence-corrected chi connectivity index (χ0v) is 14.0. The topological polar surface area (TPSA) is 38.1 Å². The third kappa shape index (κ3) is 3.03. The average Bonchev–Trinajstić information content (AvgIpc) is 2.55. The molecule has 0 bridgehead atoms. The van der Waals surface area contributed by atoms with E-state index in [1.165, 1.54) is 22.8 Å². The Morgan fingerprint density at radius 2 is 1.96 bits per heavy atom. The molecule has 0 radical (unpaired) electrons. The maximum absolute atomic E-state index is 13.6. The Labute approximate surface area is 143 Å². The summed E-state index contributed by atoms with van der Waals surface area (Å²) < 4.78 is 15.0. The molecule has 122 valence electrons. The molecule has 1 aromatic heterocycles. The molecule has 6 heteroatoms. The molecule has 0 aliphatic heterocycles. The van der Waals surface area contributed by atoms with Crippen LogP contribution in [0.25, 0.3) is 22.7 Å². The number of hydrogen-bond acceptors (Lipinski definition) is 3. The summed E-state index contributed by atoms with van der Waals surface area (Å²) in [5, 5.41) is 0.619. The summed E-state index contributed by atoms with van der Waals surface area (Å²) >= 11 is 6.25. The van der Waals surface area contributed by atoms with Gasteiger partial charge < -0.3 is 4.90 Å². The third-order valence-electron chi connectivity index (χ3n) is 3.47. The van der Waals surface area contributed by atoms with E-state index < -0.39 is 5.82 Å². The number of aromatic nitrogens is 2. The minimum absolute atomic E-state index is 0.205. The molecule has 0 unspecified atom stereocenters. The first-order valence-corrected chi connectivity index (χ1v) is 7.67. The highest BCUT2D eigenvalue weighted by Gasteiger charge is 2.14. The summed E-state index contributed by atoms with van der Waals surface area (Å²) in [5.41, 5.74) is 0.565. The van der Waals surface area contributed by atoms with Crippen LogP contribution in [0.15, 0.2) is 53.5 Å². The van der Waals surface area contributed by atoms with E-state index in [4.69, 9.17) is 11.6 Å². The highest BCUT2D eigenvalue weighted by atomic mass is 35.5. The van der Waals surface area contributed by atoms with Crippen LogP contribution >= 0.6 is 11.6 Å². The second-order valence-electron chi connectivity index (χ2n) is 5.50. The van der Waals surface area contributed by atoms with Crippen molar-refractivity contribution in [3.8, 4) is 5.69 Å². The first-order valence-electron chi connectivity index (χ1n) is 7.29. The van der Waals surface area contributed by atoms with Crippen LogP contribution in [0.3, 0.4) is 0 Å². The zero-order valence-electron chi connectivity index (χ0n) is 13.2. The smallest absolute Gasteiger partial charge is 0.266 e. The molecule has 3 rings (SSSR count). The highest BCUT2D eigenvalue weighted by Crippen LogP contribution is 2.21. The zero-order chi connectivity index (χ0) is 17.3. The molecule has 4 nitrogen and oxygen atoms in total. The molecule has 2 aromatic carbocycles. The predicted molar refractivity (Wildman–Crippen MR) is 95.0 cm³/mol. The molecule has 0 atom stereocenters. The first kappa shape index (κ1) is 16.2. The maximum atomic E-state index is 13.6. The van der Waals surface area contributed by atoms with Gasteiger partial charge in [0.2, 0.25) is 0 Å². The van der Waals surface area contributed by atoms with Crippen molar-refractivity contribution in [2.45, 2.75) is 0 Å². The first-order chi connectivity index (χ1) is 11.5. The van der Waals surface area contributed by atoms with Crippen LogP contribution in [0.4, 0.5) is 4.39 Å². The van der Waals surface area contributed by atoms with Crippen molar-refractivity contribution in [2.75, 3.05) is 14.1 Å². The molecule has 0 N–H and O–H groups in total. The fraction of sp³-hybridized carbons (Fsp3) is 0.111. The average molecular weight is 344 g/mol. The van der Waals surface area contributed by atoms with Gasteiger partial charge in [0, 0.05) is 20.3 Å². The largest absolute Gasteiger partial charge is 0.383 e. The van der Waals surface area contributed by atoms with Gasteiger partial charge in [-0.25, -0.2) is 9.37 Å². The van der Waals surface area contributed by atoms with Gasteiger partial charge in [0.15, 0.2) is 0 Å². The Morgan fingerprint density at radius 3 is 2.67 bits per heavy atom. The Morgan fingerprint density at radius 1 is 1.21 bits per heavy atom. The Kier molecular flexibility index (Phi) is 4.36. The van der Waals surface area contributed by atoms with E-state index in [-0.39, 0.29) is 10.9 Å². The van der Waals surface area contributed by atoms with Crippen LogP contribution in [-0.4, -0.2) is 28.5 Å². The second-order valence-corrected chi connectivity index (χ2v) is 5.91. The van der Waals surface area contributed by atoms with E-state index in [2.05, 4.69) is 4.98 Å². The van der Waals surface area contributed by atoms with Gasteiger partial charge in [-0.3, -0.25) is 9.36 Å². The van der Waals surface area contributed by atoms with Gasteiger partial charge in [0.25, 0.3) is 5.56 Å². The number of para-hydroxylation sites is 1. The standard InChI is InChI=1S/C18H15ClFN3O/c1-22(2)10-9-17-21-15-8-7-12(20)11-13(15)18(24)23(17)16-6-4-3-5-14(16)19/h3-11H,1-2H3/b10-9+. The summed E-state index contributed by atoms with van der Waals surface area (Å²) in [6.45, 7) is 0. The fourth-order valence-electron chi connectivity index (χ4n) is 2.37. The van der Waals surface area contributed by atoms with E-state index in [1.807, 2.05) is 19.0 Å².